The lowest BCUT2D eigenvalue weighted by molar-refractivity contribution is -0.137. The second-order valence-electron chi connectivity index (χ2n) is 3.05. The van der Waals surface area contributed by atoms with Crippen molar-refractivity contribution in [3.05, 3.63) is 0 Å². The Bertz CT molecular complexity index is 132. The molecule has 1 N–H and O–H groups in total. The van der Waals surface area contributed by atoms with Gasteiger partial charge in [-0.05, 0) is 38.9 Å². The van der Waals surface area contributed by atoms with E-state index in [4.69, 9.17) is 5.11 Å². The van der Waals surface area contributed by atoms with Crippen LogP contribution in [-0.2, 0) is 4.79 Å². The Morgan fingerprint density at radius 1 is 1.36 bits per heavy atom. The average molecular weight is 157 g/mol. The third-order valence-corrected chi connectivity index (χ3v) is 2.06. The number of hydrogen-bond donors (Lipinski definition) is 1. The van der Waals surface area contributed by atoms with Gasteiger partial charge in [0.05, 0.1) is 0 Å². The molecule has 64 valence electrons. The Balaban J connectivity index is 1.83. The molecule has 0 aromatic heterocycles. The van der Waals surface area contributed by atoms with E-state index in [2.05, 4.69) is 4.90 Å². The zero-order chi connectivity index (χ0) is 8.10. The fourth-order valence-electron chi connectivity index (χ4n) is 1.22. The van der Waals surface area contributed by atoms with Gasteiger partial charge in [0.1, 0.15) is 0 Å². The van der Waals surface area contributed by atoms with Crippen molar-refractivity contribution in [1.29, 1.82) is 0 Å². The van der Waals surface area contributed by atoms with Gasteiger partial charge in [0.2, 0.25) is 0 Å². The van der Waals surface area contributed by atoms with E-state index < -0.39 is 5.97 Å². The van der Waals surface area contributed by atoms with Crippen LogP contribution in [0.2, 0.25) is 0 Å². The molecule has 1 aliphatic rings. The van der Waals surface area contributed by atoms with Crippen molar-refractivity contribution in [1.82, 2.24) is 4.90 Å². The molecule has 1 rings (SSSR count). The molecule has 3 heteroatoms. The SMILES string of the molecule is O=C(O)CCCCN1CCC1. The van der Waals surface area contributed by atoms with Crippen molar-refractivity contribution in [2.75, 3.05) is 19.6 Å². The quantitative estimate of drug-likeness (QED) is 0.604. The minimum Gasteiger partial charge on any atom is -0.481 e. The van der Waals surface area contributed by atoms with Crippen molar-refractivity contribution in [3.63, 3.8) is 0 Å². The number of aliphatic carboxylic acids is 1. The highest BCUT2D eigenvalue weighted by Gasteiger charge is 2.12. The number of unbranched alkanes of at least 4 members (excludes halogenated alkanes) is 1. The van der Waals surface area contributed by atoms with Crippen molar-refractivity contribution in [2.24, 2.45) is 0 Å². The second-order valence-corrected chi connectivity index (χ2v) is 3.05. The van der Waals surface area contributed by atoms with Gasteiger partial charge in [0, 0.05) is 6.42 Å². The van der Waals surface area contributed by atoms with Crippen LogP contribution >= 0.6 is 0 Å². The Morgan fingerprint density at radius 3 is 2.55 bits per heavy atom. The minimum atomic E-state index is -0.673. The highest BCUT2D eigenvalue weighted by molar-refractivity contribution is 5.66. The van der Waals surface area contributed by atoms with Crippen LogP contribution in [0, 0.1) is 0 Å². The lowest BCUT2D eigenvalue weighted by Gasteiger charge is -2.30. The molecular formula is C8H15NO2. The molecular weight excluding hydrogens is 142 g/mol. The predicted octanol–water partition coefficient (Wildman–Crippen LogP) is 0.947. The van der Waals surface area contributed by atoms with Crippen LogP contribution in [0.25, 0.3) is 0 Å². The van der Waals surface area contributed by atoms with Gasteiger partial charge >= 0.3 is 5.97 Å². The molecule has 11 heavy (non-hydrogen) atoms. The summed E-state index contributed by atoms with van der Waals surface area (Å²) in [5.41, 5.74) is 0. The molecule has 1 fully saturated rings. The van der Waals surface area contributed by atoms with Crippen LogP contribution in [0.4, 0.5) is 0 Å². The van der Waals surface area contributed by atoms with Crippen LogP contribution < -0.4 is 0 Å². The van der Waals surface area contributed by atoms with Crippen molar-refractivity contribution >= 4 is 5.97 Å². The van der Waals surface area contributed by atoms with Crippen LogP contribution in [0.1, 0.15) is 25.7 Å². The fraction of sp³-hybridized carbons (Fsp3) is 0.875. The standard InChI is InChI=1S/C8H15NO2/c10-8(11)4-1-2-5-9-6-3-7-9/h1-7H2,(H,10,11). The molecule has 0 bridgehead atoms. The van der Waals surface area contributed by atoms with Gasteiger partial charge < -0.3 is 10.0 Å². The highest BCUT2D eigenvalue weighted by atomic mass is 16.4. The van der Waals surface area contributed by atoms with Gasteiger partial charge in [-0.1, -0.05) is 0 Å². The summed E-state index contributed by atoms with van der Waals surface area (Å²) in [4.78, 5) is 12.5. The summed E-state index contributed by atoms with van der Waals surface area (Å²) in [5.74, 6) is -0.673. The summed E-state index contributed by atoms with van der Waals surface area (Å²) < 4.78 is 0. The lowest BCUT2D eigenvalue weighted by atomic mass is 10.2. The monoisotopic (exact) mass is 157 g/mol. The molecule has 1 saturated heterocycles. The summed E-state index contributed by atoms with van der Waals surface area (Å²) in [6.45, 7) is 3.52. The fourth-order valence-corrected chi connectivity index (χ4v) is 1.22. The molecule has 1 heterocycles. The third kappa shape index (κ3) is 3.37. The van der Waals surface area contributed by atoms with E-state index in [1.54, 1.807) is 0 Å². The average Bonchev–Trinajstić information content (AvgIpc) is 1.82. The molecule has 3 nitrogen and oxygen atoms in total. The topological polar surface area (TPSA) is 40.5 Å². The van der Waals surface area contributed by atoms with E-state index in [1.807, 2.05) is 0 Å². The lowest BCUT2D eigenvalue weighted by Crippen LogP contribution is -2.37. The predicted molar refractivity (Wildman–Crippen MR) is 42.5 cm³/mol. The molecule has 0 aliphatic carbocycles. The molecule has 0 aromatic carbocycles. The Morgan fingerprint density at radius 2 is 2.09 bits per heavy atom. The molecule has 0 amide bonds. The third-order valence-electron chi connectivity index (χ3n) is 2.06. The van der Waals surface area contributed by atoms with E-state index >= 15 is 0 Å². The van der Waals surface area contributed by atoms with E-state index in [0.717, 1.165) is 19.4 Å². The molecule has 0 radical (unpaired) electrons. The maximum Gasteiger partial charge on any atom is 0.303 e. The van der Waals surface area contributed by atoms with E-state index in [0.29, 0.717) is 6.42 Å². The first-order valence-corrected chi connectivity index (χ1v) is 4.23. The van der Waals surface area contributed by atoms with Gasteiger partial charge in [-0.15, -0.1) is 0 Å². The van der Waals surface area contributed by atoms with Crippen LogP contribution in [0.3, 0.4) is 0 Å². The number of carboxylic acids is 1. The molecule has 0 unspecified atom stereocenters. The minimum absolute atomic E-state index is 0.327. The van der Waals surface area contributed by atoms with Gasteiger partial charge in [-0.3, -0.25) is 4.79 Å². The number of carboxylic acid groups (broad SMARTS) is 1. The molecule has 0 saturated carbocycles. The zero-order valence-corrected chi connectivity index (χ0v) is 6.75. The smallest absolute Gasteiger partial charge is 0.303 e. The second kappa shape index (κ2) is 4.34. The van der Waals surface area contributed by atoms with E-state index in [9.17, 15) is 4.79 Å². The maximum atomic E-state index is 10.1. The maximum absolute atomic E-state index is 10.1. The van der Waals surface area contributed by atoms with Crippen molar-refractivity contribution < 1.29 is 9.90 Å². The normalized spacial score (nSPS) is 17.8. The summed E-state index contributed by atoms with van der Waals surface area (Å²) >= 11 is 0. The van der Waals surface area contributed by atoms with Gasteiger partial charge in [-0.25, -0.2) is 0 Å². The summed E-state index contributed by atoms with van der Waals surface area (Å²) in [7, 11) is 0. The van der Waals surface area contributed by atoms with Crippen LogP contribution in [-0.4, -0.2) is 35.6 Å². The first-order valence-electron chi connectivity index (χ1n) is 4.23. The number of nitrogens with zero attached hydrogens (tertiary/aromatic N) is 1. The first kappa shape index (κ1) is 8.53. The number of carbonyl (C=O) groups is 1. The Kier molecular flexibility index (Phi) is 3.36. The molecule has 0 spiro atoms. The van der Waals surface area contributed by atoms with Gasteiger partial charge in [-0.2, -0.15) is 0 Å². The molecule has 0 aromatic rings. The largest absolute Gasteiger partial charge is 0.481 e. The zero-order valence-electron chi connectivity index (χ0n) is 6.75. The molecule has 1 aliphatic heterocycles. The Labute approximate surface area is 67.0 Å². The van der Waals surface area contributed by atoms with Crippen molar-refractivity contribution in [2.45, 2.75) is 25.7 Å². The summed E-state index contributed by atoms with van der Waals surface area (Å²) in [6, 6.07) is 0. The summed E-state index contributed by atoms with van der Waals surface area (Å²) in [5, 5.41) is 8.34. The first-order chi connectivity index (χ1) is 5.29. The highest BCUT2D eigenvalue weighted by Crippen LogP contribution is 2.07. The van der Waals surface area contributed by atoms with Gasteiger partial charge in [0.15, 0.2) is 0 Å². The van der Waals surface area contributed by atoms with E-state index in [1.165, 1.54) is 19.5 Å². The van der Waals surface area contributed by atoms with Crippen LogP contribution in [0.15, 0.2) is 0 Å². The Hall–Kier alpha value is -0.570. The number of hydrogen-bond acceptors (Lipinski definition) is 2. The summed E-state index contributed by atoms with van der Waals surface area (Å²) in [6.07, 6.45) is 3.50. The van der Waals surface area contributed by atoms with Crippen LogP contribution in [0.5, 0.6) is 0 Å². The number of rotatable bonds is 5. The van der Waals surface area contributed by atoms with Gasteiger partial charge in [0.25, 0.3) is 0 Å². The number of likely N-dealkylation sites (tertiary alicyclic amines) is 1. The molecule has 0 atom stereocenters. The van der Waals surface area contributed by atoms with E-state index in [-0.39, 0.29) is 0 Å². The van der Waals surface area contributed by atoms with Crippen molar-refractivity contribution in [3.8, 4) is 0 Å².